The largest absolute Gasteiger partial charge is 0.507 e. The second-order valence-electron chi connectivity index (χ2n) is 9.15. The summed E-state index contributed by atoms with van der Waals surface area (Å²) in [5.41, 5.74) is 4.10. The molecule has 2 heterocycles. The number of carbonyl (C=O) groups is 1. The van der Waals surface area contributed by atoms with E-state index in [9.17, 15) is 9.90 Å². The summed E-state index contributed by atoms with van der Waals surface area (Å²) in [5, 5.41) is 16.2. The number of aromatic hydroxyl groups is 1. The Labute approximate surface area is 205 Å². The molecule has 178 valence electrons. The molecule has 0 unspecified atom stereocenters. The van der Waals surface area contributed by atoms with Crippen LogP contribution in [-0.4, -0.2) is 52.0 Å². The number of para-hydroxylation sites is 1. The van der Waals surface area contributed by atoms with Gasteiger partial charge in [-0.1, -0.05) is 42.5 Å². The van der Waals surface area contributed by atoms with Gasteiger partial charge in [0.25, 0.3) is 5.91 Å². The van der Waals surface area contributed by atoms with Crippen LogP contribution >= 0.6 is 0 Å². The molecule has 1 saturated heterocycles. The number of piperazine rings is 1. The molecule has 1 fully saturated rings. The van der Waals surface area contributed by atoms with Crippen molar-refractivity contribution in [3.05, 3.63) is 101 Å². The quantitative estimate of drug-likeness (QED) is 0.427. The van der Waals surface area contributed by atoms with Gasteiger partial charge >= 0.3 is 0 Å². The molecule has 0 bridgehead atoms. The number of phenols is 1. The van der Waals surface area contributed by atoms with Crippen LogP contribution in [0.5, 0.6) is 5.75 Å². The topological polar surface area (TPSA) is 68.7 Å². The molecule has 5 rings (SSSR count). The Morgan fingerprint density at radius 3 is 2.31 bits per heavy atom. The van der Waals surface area contributed by atoms with Gasteiger partial charge in [0.05, 0.1) is 5.56 Å². The van der Waals surface area contributed by atoms with Crippen molar-refractivity contribution in [3.63, 3.8) is 0 Å². The fourth-order valence-corrected chi connectivity index (χ4v) is 4.72. The minimum Gasteiger partial charge on any atom is -0.507 e. The molecular formula is C29H30N4O2. The number of carbonyl (C=O) groups excluding carboxylic acids is 1. The summed E-state index contributed by atoms with van der Waals surface area (Å²) in [6.07, 6.45) is 3.67. The number of phenolic OH excluding ortho intramolecular Hbond substituents is 1. The summed E-state index contributed by atoms with van der Waals surface area (Å²) in [5.74, 6) is -0.236. The van der Waals surface area contributed by atoms with Crippen LogP contribution in [0.3, 0.4) is 0 Å². The van der Waals surface area contributed by atoms with Crippen molar-refractivity contribution in [3.8, 4) is 5.75 Å². The monoisotopic (exact) mass is 466 g/mol. The van der Waals surface area contributed by atoms with Crippen molar-refractivity contribution < 1.29 is 9.90 Å². The Kier molecular flexibility index (Phi) is 6.75. The highest BCUT2D eigenvalue weighted by molar-refractivity contribution is 6.09. The normalized spacial score (nSPS) is 14.8. The molecule has 6 heteroatoms. The zero-order chi connectivity index (χ0) is 24.2. The van der Waals surface area contributed by atoms with E-state index in [0.717, 1.165) is 60.3 Å². The van der Waals surface area contributed by atoms with Gasteiger partial charge in [-0.2, -0.15) is 0 Å². The number of nitrogens with zero attached hydrogens (tertiary/aromatic N) is 3. The molecule has 0 aliphatic carbocycles. The Morgan fingerprint density at radius 2 is 1.57 bits per heavy atom. The van der Waals surface area contributed by atoms with E-state index in [1.807, 2.05) is 67.8 Å². The van der Waals surface area contributed by atoms with Gasteiger partial charge in [-0.05, 0) is 53.1 Å². The van der Waals surface area contributed by atoms with Crippen molar-refractivity contribution in [1.29, 1.82) is 0 Å². The lowest BCUT2D eigenvalue weighted by molar-refractivity contribution is 0.102. The molecule has 3 aromatic carbocycles. The van der Waals surface area contributed by atoms with E-state index in [1.54, 1.807) is 6.07 Å². The highest BCUT2D eigenvalue weighted by Crippen LogP contribution is 2.33. The third-order valence-corrected chi connectivity index (χ3v) is 6.77. The summed E-state index contributed by atoms with van der Waals surface area (Å²) in [6.45, 7) is 7.18. The van der Waals surface area contributed by atoms with Crippen molar-refractivity contribution in [2.75, 3.05) is 31.5 Å². The van der Waals surface area contributed by atoms with Crippen molar-refractivity contribution >= 4 is 22.4 Å². The van der Waals surface area contributed by atoms with Crippen LogP contribution in [0, 0.1) is 6.92 Å². The third-order valence-electron chi connectivity index (χ3n) is 6.77. The predicted molar refractivity (Wildman–Crippen MR) is 140 cm³/mol. The Bertz CT molecular complexity index is 1330. The molecule has 2 N–H and O–H groups in total. The zero-order valence-corrected chi connectivity index (χ0v) is 19.9. The zero-order valence-electron chi connectivity index (χ0n) is 19.9. The van der Waals surface area contributed by atoms with Gasteiger partial charge in [0.1, 0.15) is 5.75 Å². The summed E-state index contributed by atoms with van der Waals surface area (Å²) in [4.78, 5) is 22.1. The first-order valence-electron chi connectivity index (χ1n) is 12.0. The smallest absolute Gasteiger partial charge is 0.259 e. The standard InChI is InChI=1S/C29H30N4O2/c1-21-6-2-5-9-27(21)31-29(35)25-18-23-7-3-4-8-24(23)26(28(25)34)20-33-16-14-32(15-17-33)19-22-10-12-30-13-11-22/h2-13,18,34H,14-17,19-20H2,1H3,(H,31,35). The highest BCUT2D eigenvalue weighted by atomic mass is 16.3. The summed E-state index contributed by atoms with van der Waals surface area (Å²) in [7, 11) is 0. The number of aromatic nitrogens is 1. The first-order valence-corrected chi connectivity index (χ1v) is 12.0. The first kappa shape index (κ1) is 23.0. The third kappa shape index (κ3) is 5.19. The van der Waals surface area contributed by atoms with Crippen LogP contribution in [0.2, 0.25) is 0 Å². The number of pyridine rings is 1. The number of aryl methyl sites for hydroxylation is 1. The van der Waals surface area contributed by atoms with Gasteiger partial charge < -0.3 is 10.4 Å². The molecular weight excluding hydrogens is 436 g/mol. The van der Waals surface area contributed by atoms with Gasteiger partial charge in [-0.3, -0.25) is 19.6 Å². The van der Waals surface area contributed by atoms with E-state index >= 15 is 0 Å². The number of hydrogen-bond acceptors (Lipinski definition) is 5. The van der Waals surface area contributed by atoms with Gasteiger partial charge in [0.2, 0.25) is 0 Å². The second-order valence-corrected chi connectivity index (χ2v) is 9.15. The van der Waals surface area contributed by atoms with E-state index < -0.39 is 0 Å². The van der Waals surface area contributed by atoms with Gasteiger partial charge in [-0.15, -0.1) is 0 Å². The number of amides is 1. The molecule has 0 atom stereocenters. The van der Waals surface area contributed by atoms with Crippen LogP contribution < -0.4 is 5.32 Å². The Morgan fingerprint density at radius 1 is 0.914 bits per heavy atom. The first-order chi connectivity index (χ1) is 17.1. The molecule has 1 aliphatic rings. The van der Waals surface area contributed by atoms with Crippen molar-refractivity contribution in [1.82, 2.24) is 14.8 Å². The average molecular weight is 467 g/mol. The molecule has 4 aromatic rings. The lowest BCUT2D eigenvalue weighted by Gasteiger charge is -2.35. The van der Waals surface area contributed by atoms with Gasteiger partial charge in [0, 0.05) is 62.9 Å². The number of hydrogen-bond donors (Lipinski definition) is 2. The minimum absolute atomic E-state index is 0.0639. The lowest BCUT2D eigenvalue weighted by Crippen LogP contribution is -2.45. The number of benzene rings is 3. The number of nitrogens with one attached hydrogen (secondary N) is 1. The molecule has 1 aromatic heterocycles. The van der Waals surface area contributed by atoms with Crippen molar-refractivity contribution in [2.24, 2.45) is 0 Å². The summed E-state index contributed by atoms with van der Waals surface area (Å²) < 4.78 is 0. The Hall–Kier alpha value is -3.74. The summed E-state index contributed by atoms with van der Waals surface area (Å²) >= 11 is 0. The molecule has 0 saturated carbocycles. The molecule has 0 spiro atoms. The van der Waals surface area contributed by atoms with Crippen LogP contribution in [0.1, 0.15) is 27.0 Å². The number of fused-ring (bicyclic) bond motifs is 1. The number of rotatable bonds is 6. The van der Waals surface area contributed by atoms with E-state index in [0.29, 0.717) is 12.1 Å². The van der Waals surface area contributed by atoms with E-state index in [4.69, 9.17) is 0 Å². The van der Waals surface area contributed by atoms with E-state index in [1.165, 1.54) is 5.56 Å². The highest BCUT2D eigenvalue weighted by Gasteiger charge is 2.23. The fourth-order valence-electron chi connectivity index (χ4n) is 4.72. The average Bonchev–Trinajstić information content (AvgIpc) is 2.88. The van der Waals surface area contributed by atoms with E-state index in [-0.39, 0.29) is 11.7 Å². The predicted octanol–water partition coefficient (Wildman–Crippen LogP) is 4.82. The molecule has 0 radical (unpaired) electrons. The Balaban J connectivity index is 1.35. The molecule has 35 heavy (non-hydrogen) atoms. The molecule has 6 nitrogen and oxygen atoms in total. The van der Waals surface area contributed by atoms with Gasteiger partial charge in [0.15, 0.2) is 0 Å². The fraction of sp³-hybridized carbons (Fsp3) is 0.241. The SMILES string of the molecule is Cc1ccccc1NC(=O)c1cc2ccccc2c(CN2CCN(Cc3ccncc3)CC2)c1O. The van der Waals surface area contributed by atoms with Gasteiger partial charge in [-0.25, -0.2) is 0 Å². The number of anilines is 1. The van der Waals surface area contributed by atoms with Crippen LogP contribution in [0.15, 0.2) is 79.1 Å². The second kappa shape index (κ2) is 10.3. The molecule has 1 aliphatic heterocycles. The van der Waals surface area contributed by atoms with E-state index in [2.05, 4.69) is 32.2 Å². The van der Waals surface area contributed by atoms with Crippen LogP contribution in [0.25, 0.3) is 10.8 Å². The molecule has 1 amide bonds. The van der Waals surface area contributed by atoms with Crippen LogP contribution in [-0.2, 0) is 13.1 Å². The maximum atomic E-state index is 13.2. The maximum Gasteiger partial charge on any atom is 0.259 e. The van der Waals surface area contributed by atoms with Crippen molar-refractivity contribution in [2.45, 2.75) is 20.0 Å². The minimum atomic E-state index is -0.300. The van der Waals surface area contributed by atoms with Crippen LogP contribution in [0.4, 0.5) is 5.69 Å². The maximum absolute atomic E-state index is 13.2. The summed E-state index contributed by atoms with van der Waals surface area (Å²) in [6, 6.07) is 21.5. The lowest BCUT2D eigenvalue weighted by atomic mass is 9.98.